The van der Waals surface area contributed by atoms with Crippen LogP contribution in [0.4, 0.5) is 18.9 Å². The Morgan fingerprint density at radius 2 is 2.04 bits per heavy atom. The second-order valence-electron chi connectivity index (χ2n) is 5.03. The average molecular weight is 360 g/mol. The lowest BCUT2D eigenvalue weighted by Gasteiger charge is -2.09. The van der Waals surface area contributed by atoms with Crippen LogP contribution in [0.25, 0.3) is 11.0 Å². The van der Waals surface area contributed by atoms with Gasteiger partial charge < -0.3 is 4.57 Å². The molecule has 1 aromatic carbocycles. The SMILES string of the molecule is Cn1cc(S(=O)(=O)Nc2ccc3c(c2)ncn3CC(F)(F)F)nn1. The molecule has 0 amide bonds. The number of imidazole rings is 1. The lowest BCUT2D eigenvalue weighted by atomic mass is 10.3. The molecule has 0 radical (unpaired) electrons. The van der Waals surface area contributed by atoms with Gasteiger partial charge in [-0.25, -0.2) is 4.98 Å². The first kappa shape index (κ1) is 16.2. The minimum absolute atomic E-state index is 0.158. The van der Waals surface area contributed by atoms with Crippen molar-refractivity contribution in [3.8, 4) is 0 Å². The number of benzene rings is 1. The monoisotopic (exact) mass is 360 g/mol. The molecular weight excluding hydrogens is 349 g/mol. The van der Waals surface area contributed by atoms with Crippen molar-refractivity contribution >= 4 is 26.7 Å². The van der Waals surface area contributed by atoms with Crippen LogP contribution in [-0.2, 0) is 23.6 Å². The highest BCUT2D eigenvalue weighted by atomic mass is 32.2. The van der Waals surface area contributed by atoms with Gasteiger partial charge in [-0.1, -0.05) is 5.21 Å². The predicted octanol–water partition coefficient (Wildman–Crippen LogP) is 1.53. The molecule has 0 saturated heterocycles. The van der Waals surface area contributed by atoms with E-state index in [1.54, 1.807) is 0 Å². The molecule has 0 aliphatic rings. The number of halogens is 3. The number of rotatable bonds is 4. The summed E-state index contributed by atoms with van der Waals surface area (Å²) in [4.78, 5) is 3.87. The second-order valence-corrected chi connectivity index (χ2v) is 6.66. The van der Waals surface area contributed by atoms with Gasteiger partial charge in [-0.05, 0) is 18.2 Å². The van der Waals surface area contributed by atoms with E-state index < -0.39 is 22.7 Å². The van der Waals surface area contributed by atoms with Gasteiger partial charge in [-0.3, -0.25) is 9.40 Å². The minimum Gasteiger partial charge on any atom is -0.321 e. The van der Waals surface area contributed by atoms with Crippen molar-refractivity contribution < 1.29 is 21.6 Å². The average Bonchev–Trinajstić information content (AvgIpc) is 3.04. The zero-order valence-corrected chi connectivity index (χ0v) is 13.0. The number of anilines is 1. The zero-order valence-electron chi connectivity index (χ0n) is 12.2. The van der Waals surface area contributed by atoms with Gasteiger partial charge in [-0.15, -0.1) is 5.10 Å². The zero-order chi connectivity index (χ0) is 17.5. The smallest absolute Gasteiger partial charge is 0.321 e. The van der Waals surface area contributed by atoms with Crippen molar-refractivity contribution in [1.29, 1.82) is 0 Å². The number of hydrogen-bond donors (Lipinski definition) is 1. The van der Waals surface area contributed by atoms with Crippen LogP contribution in [0.1, 0.15) is 0 Å². The van der Waals surface area contributed by atoms with Gasteiger partial charge in [0.15, 0.2) is 0 Å². The van der Waals surface area contributed by atoms with Gasteiger partial charge in [0.2, 0.25) is 5.03 Å². The number of nitrogens with one attached hydrogen (secondary N) is 1. The topological polar surface area (TPSA) is 94.7 Å². The molecule has 0 fully saturated rings. The van der Waals surface area contributed by atoms with Gasteiger partial charge in [0.05, 0.1) is 29.2 Å². The van der Waals surface area contributed by atoms with Crippen molar-refractivity contribution in [2.45, 2.75) is 17.7 Å². The summed E-state index contributed by atoms with van der Waals surface area (Å²) in [7, 11) is -2.42. The Kier molecular flexibility index (Phi) is 3.70. The second kappa shape index (κ2) is 5.47. The van der Waals surface area contributed by atoms with Crippen LogP contribution in [0.5, 0.6) is 0 Å². The van der Waals surface area contributed by atoms with Gasteiger partial charge in [0.1, 0.15) is 6.54 Å². The van der Waals surface area contributed by atoms with Crippen molar-refractivity contribution in [2.75, 3.05) is 4.72 Å². The van der Waals surface area contributed by atoms with Gasteiger partial charge in [-0.2, -0.15) is 21.6 Å². The molecule has 1 N–H and O–H groups in total. The summed E-state index contributed by atoms with van der Waals surface area (Å²) >= 11 is 0. The standard InChI is InChI=1S/C12H11F3N6O2S/c1-20-5-11(17-19-20)24(22,23)18-8-2-3-10-9(4-8)16-7-21(10)6-12(13,14)15/h2-5,7,18H,6H2,1H3. The molecule has 24 heavy (non-hydrogen) atoms. The molecule has 0 aliphatic heterocycles. The Morgan fingerprint density at radius 1 is 1.29 bits per heavy atom. The van der Waals surface area contributed by atoms with Crippen molar-refractivity contribution in [2.24, 2.45) is 7.05 Å². The van der Waals surface area contributed by atoms with Crippen molar-refractivity contribution in [3.05, 3.63) is 30.7 Å². The van der Waals surface area contributed by atoms with Crippen molar-refractivity contribution in [1.82, 2.24) is 24.5 Å². The molecule has 2 aromatic heterocycles. The maximum atomic E-state index is 12.5. The first-order chi connectivity index (χ1) is 11.1. The fourth-order valence-electron chi connectivity index (χ4n) is 2.10. The third-order valence-electron chi connectivity index (χ3n) is 3.08. The first-order valence-corrected chi connectivity index (χ1v) is 8.03. The maximum Gasteiger partial charge on any atom is 0.406 e. The van der Waals surface area contributed by atoms with Crippen LogP contribution in [0.2, 0.25) is 0 Å². The molecule has 3 aromatic rings. The van der Waals surface area contributed by atoms with Crippen LogP contribution in [0.15, 0.2) is 35.7 Å². The summed E-state index contributed by atoms with van der Waals surface area (Å²) in [6.45, 7) is -1.17. The van der Waals surface area contributed by atoms with E-state index in [0.29, 0.717) is 0 Å². The fraction of sp³-hybridized carbons (Fsp3) is 0.250. The number of nitrogens with zero attached hydrogens (tertiary/aromatic N) is 5. The first-order valence-electron chi connectivity index (χ1n) is 6.55. The Bertz CT molecular complexity index is 992. The summed E-state index contributed by atoms with van der Waals surface area (Å²) in [5.41, 5.74) is 0.638. The Balaban J connectivity index is 1.89. The van der Waals surface area contributed by atoms with Crippen LogP contribution in [0.3, 0.4) is 0 Å². The highest BCUT2D eigenvalue weighted by Crippen LogP contribution is 2.24. The number of alkyl halides is 3. The lowest BCUT2D eigenvalue weighted by molar-refractivity contribution is -0.139. The Hall–Kier alpha value is -2.63. The number of hydrogen-bond acceptors (Lipinski definition) is 5. The van der Waals surface area contributed by atoms with E-state index in [1.165, 1.54) is 36.1 Å². The predicted molar refractivity (Wildman–Crippen MR) is 77.6 cm³/mol. The summed E-state index contributed by atoms with van der Waals surface area (Å²) < 4.78 is 66.2. The molecule has 3 rings (SSSR count). The molecule has 0 atom stereocenters. The summed E-state index contributed by atoms with van der Waals surface area (Å²) in [6, 6.07) is 4.06. The summed E-state index contributed by atoms with van der Waals surface area (Å²) in [5.74, 6) is 0. The molecule has 0 aliphatic carbocycles. The van der Waals surface area contributed by atoms with Crippen LogP contribution < -0.4 is 4.72 Å². The van der Waals surface area contributed by atoms with Crippen LogP contribution >= 0.6 is 0 Å². The maximum absolute atomic E-state index is 12.5. The molecule has 0 spiro atoms. The van der Waals surface area contributed by atoms with E-state index in [-0.39, 0.29) is 21.7 Å². The summed E-state index contributed by atoms with van der Waals surface area (Å²) in [6.07, 6.45) is -2.10. The molecule has 8 nitrogen and oxygen atoms in total. The van der Waals surface area contributed by atoms with E-state index in [2.05, 4.69) is 20.0 Å². The van der Waals surface area contributed by atoms with Gasteiger partial charge in [0.25, 0.3) is 10.0 Å². The lowest BCUT2D eigenvalue weighted by Crippen LogP contribution is -2.16. The highest BCUT2D eigenvalue weighted by molar-refractivity contribution is 7.92. The number of fused-ring (bicyclic) bond motifs is 1. The third kappa shape index (κ3) is 3.32. The molecule has 12 heteroatoms. The molecule has 0 saturated carbocycles. The largest absolute Gasteiger partial charge is 0.406 e. The van der Waals surface area contributed by atoms with E-state index in [9.17, 15) is 21.6 Å². The van der Waals surface area contributed by atoms with E-state index in [4.69, 9.17) is 0 Å². The Morgan fingerprint density at radius 3 is 2.67 bits per heavy atom. The molecule has 2 heterocycles. The minimum atomic E-state index is -4.38. The number of sulfonamides is 1. The summed E-state index contributed by atoms with van der Waals surface area (Å²) in [5, 5.41) is 6.77. The fourth-order valence-corrected chi connectivity index (χ4v) is 3.08. The number of aromatic nitrogens is 5. The highest BCUT2D eigenvalue weighted by Gasteiger charge is 2.28. The Labute approximate surface area is 134 Å². The quantitative estimate of drug-likeness (QED) is 0.761. The normalized spacial score (nSPS) is 12.7. The van der Waals surface area contributed by atoms with Gasteiger partial charge >= 0.3 is 6.18 Å². The van der Waals surface area contributed by atoms with E-state index in [0.717, 1.165) is 10.9 Å². The van der Waals surface area contributed by atoms with E-state index >= 15 is 0 Å². The third-order valence-corrected chi connectivity index (χ3v) is 4.32. The molecule has 0 bridgehead atoms. The number of aryl methyl sites for hydroxylation is 1. The molecule has 0 unspecified atom stereocenters. The van der Waals surface area contributed by atoms with Crippen LogP contribution in [-0.4, -0.2) is 39.1 Å². The molecule has 128 valence electrons. The van der Waals surface area contributed by atoms with Crippen LogP contribution in [0, 0.1) is 0 Å². The van der Waals surface area contributed by atoms with E-state index in [1.807, 2.05) is 0 Å². The molecular formula is C12H11F3N6O2S. The van der Waals surface area contributed by atoms with Gasteiger partial charge in [0, 0.05) is 7.05 Å². The van der Waals surface area contributed by atoms with Crippen molar-refractivity contribution in [3.63, 3.8) is 0 Å².